The molecule has 0 aromatic heterocycles. The van der Waals surface area contributed by atoms with Crippen molar-refractivity contribution in [3.8, 4) is 0 Å². The predicted molar refractivity (Wildman–Crippen MR) is 85.8 cm³/mol. The second-order valence-electron chi connectivity index (χ2n) is 5.92. The van der Waals surface area contributed by atoms with E-state index in [1.165, 1.54) is 0 Å². The Balaban J connectivity index is 2.12. The smallest absolute Gasteiger partial charge is 0.245 e. The van der Waals surface area contributed by atoms with Crippen molar-refractivity contribution >= 4 is 34.8 Å². The fraction of sp³-hybridized carbons (Fsp3) is 0.533. The van der Waals surface area contributed by atoms with E-state index in [-0.39, 0.29) is 12.0 Å². The van der Waals surface area contributed by atoms with E-state index in [1.807, 2.05) is 20.8 Å². The first-order chi connectivity index (χ1) is 9.72. The zero-order valence-electron chi connectivity index (χ0n) is 12.4. The molecule has 1 fully saturated rings. The van der Waals surface area contributed by atoms with Gasteiger partial charge in [0.15, 0.2) is 0 Å². The zero-order chi connectivity index (χ0) is 15.8. The first kappa shape index (κ1) is 16.6. The fourth-order valence-corrected chi connectivity index (χ4v) is 2.94. The third-order valence-corrected chi connectivity index (χ3v) is 5.15. The average molecular weight is 331 g/mol. The molecule has 3 N–H and O–H groups in total. The maximum Gasteiger partial charge on any atom is 0.245 e. The van der Waals surface area contributed by atoms with E-state index in [4.69, 9.17) is 33.7 Å². The van der Waals surface area contributed by atoms with E-state index >= 15 is 0 Å². The molecule has 1 amide bonds. The van der Waals surface area contributed by atoms with Crippen LogP contribution in [0.1, 0.15) is 27.2 Å². The van der Waals surface area contributed by atoms with Gasteiger partial charge in [-0.25, -0.2) is 0 Å². The Morgan fingerprint density at radius 1 is 1.43 bits per heavy atom. The van der Waals surface area contributed by atoms with Crippen molar-refractivity contribution in [1.29, 1.82) is 0 Å². The molecular weight excluding hydrogens is 311 g/mol. The molecule has 0 saturated heterocycles. The zero-order valence-corrected chi connectivity index (χ0v) is 13.9. The highest BCUT2D eigenvalue weighted by Gasteiger charge is 2.62. The van der Waals surface area contributed by atoms with Crippen molar-refractivity contribution in [2.75, 3.05) is 11.9 Å². The second kappa shape index (κ2) is 5.76. The molecule has 1 aromatic rings. The minimum Gasteiger partial charge on any atom is -0.378 e. The van der Waals surface area contributed by atoms with Gasteiger partial charge in [-0.1, -0.05) is 37.0 Å². The predicted octanol–water partition coefficient (Wildman–Crippen LogP) is 3.46. The van der Waals surface area contributed by atoms with Gasteiger partial charge in [0.1, 0.15) is 5.54 Å². The van der Waals surface area contributed by atoms with Gasteiger partial charge in [0.05, 0.1) is 16.1 Å². The van der Waals surface area contributed by atoms with E-state index in [9.17, 15) is 4.79 Å². The molecule has 116 valence electrons. The average Bonchev–Trinajstić information content (AvgIpc) is 2.42. The molecule has 0 spiro atoms. The summed E-state index contributed by atoms with van der Waals surface area (Å²) < 4.78 is 5.63. The van der Waals surface area contributed by atoms with E-state index < -0.39 is 11.0 Å². The van der Waals surface area contributed by atoms with Gasteiger partial charge in [-0.05, 0) is 25.1 Å². The van der Waals surface area contributed by atoms with Crippen molar-refractivity contribution in [2.45, 2.75) is 38.8 Å². The summed E-state index contributed by atoms with van der Waals surface area (Å²) >= 11 is 11.8. The molecule has 6 heteroatoms. The molecule has 0 heterocycles. The molecule has 0 aliphatic heterocycles. The highest BCUT2D eigenvalue weighted by molar-refractivity contribution is 6.42. The standard InChI is InChI=1S/C15H20Cl2N2O2/c1-4-21-12-8-15(18,14(12,2)3)13(20)19-9-5-6-10(16)11(17)7-9/h5-7,12H,4,8,18H2,1-3H3,(H,19,20). The van der Waals surface area contributed by atoms with Crippen LogP contribution in [-0.2, 0) is 9.53 Å². The molecule has 0 radical (unpaired) electrons. The molecule has 2 atom stereocenters. The lowest BCUT2D eigenvalue weighted by atomic mass is 9.54. The lowest BCUT2D eigenvalue weighted by Gasteiger charge is -2.57. The van der Waals surface area contributed by atoms with Gasteiger partial charge in [-0.15, -0.1) is 0 Å². The number of hydrogen-bond acceptors (Lipinski definition) is 3. The Kier molecular flexibility index (Phi) is 4.54. The normalized spacial score (nSPS) is 27.0. The summed E-state index contributed by atoms with van der Waals surface area (Å²) in [6, 6.07) is 4.94. The lowest BCUT2D eigenvalue weighted by Crippen LogP contribution is -2.74. The van der Waals surface area contributed by atoms with Gasteiger partial charge in [0.2, 0.25) is 5.91 Å². The minimum absolute atomic E-state index is 0.00736. The van der Waals surface area contributed by atoms with Gasteiger partial charge < -0.3 is 15.8 Å². The number of anilines is 1. The number of carbonyl (C=O) groups excluding carboxylic acids is 1. The third kappa shape index (κ3) is 2.78. The van der Waals surface area contributed by atoms with Crippen LogP contribution in [0.2, 0.25) is 10.0 Å². The van der Waals surface area contributed by atoms with Gasteiger partial charge in [-0.3, -0.25) is 4.79 Å². The Morgan fingerprint density at radius 3 is 2.62 bits per heavy atom. The molecule has 0 bridgehead atoms. The Morgan fingerprint density at radius 2 is 2.10 bits per heavy atom. The fourth-order valence-electron chi connectivity index (χ4n) is 2.64. The maximum absolute atomic E-state index is 12.5. The van der Waals surface area contributed by atoms with Crippen molar-refractivity contribution in [1.82, 2.24) is 0 Å². The largest absolute Gasteiger partial charge is 0.378 e. The molecule has 1 saturated carbocycles. The third-order valence-electron chi connectivity index (χ3n) is 4.41. The van der Waals surface area contributed by atoms with Crippen LogP contribution >= 0.6 is 23.2 Å². The van der Waals surface area contributed by atoms with Crippen LogP contribution in [0.3, 0.4) is 0 Å². The van der Waals surface area contributed by atoms with E-state index in [2.05, 4.69) is 5.32 Å². The summed E-state index contributed by atoms with van der Waals surface area (Å²) in [5.74, 6) is -0.234. The van der Waals surface area contributed by atoms with Crippen molar-refractivity contribution in [2.24, 2.45) is 11.1 Å². The Labute approximate surface area is 134 Å². The molecule has 2 rings (SSSR count). The summed E-state index contributed by atoms with van der Waals surface area (Å²) in [6.45, 7) is 6.44. The van der Waals surface area contributed by atoms with E-state index in [0.717, 1.165) is 0 Å². The monoisotopic (exact) mass is 330 g/mol. The van der Waals surface area contributed by atoms with Crippen LogP contribution < -0.4 is 11.1 Å². The first-order valence-corrected chi connectivity index (χ1v) is 7.65. The van der Waals surface area contributed by atoms with E-state index in [1.54, 1.807) is 18.2 Å². The number of amides is 1. The number of nitrogens with one attached hydrogen (secondary N) is 1. The quantitative estimate of drug-likeness (QED) is 0.888. The number of carbonyl (C=O) groups is 1. The van der Waals surface area contributed by atoms with Crippen LogP contribution in [-0.4, -0.2) is 24.2 Å². The first-order valence-electron chi connectivity index (χ1n) is 6.89. The molecule has 4 nitrogen and oxygen atoms in total. The summed E-state index contributed by atoms with van der Waals surface area (Å²) in [4.78, 5) is 12.5. The van der Waals surface area contributed by atoms with Gasteiger partial charge in [0.25, 0.3) is 0 Å². The summed E-state index contributed by atoms with van der Waals surface area (Å²) in [5.41, 5.74) is 5.50. The topological polar surface area (TPSA) is 64.3 Å². The van der Waals surface area contributed by atoms with Gasteiger partial charge >= 0.3 is 0 Å². The summed E-state index contributed by atoms with van der Waals surface area (Å²) in [7, 11) is 0. The molecular formula is C15H20Cl2N2O2. The van der Waals surface area contributed by atoms with Crippen LogP contribution in [0.15, 0.2) is 18.2 Å². The lowest BCUT2D eigenvalue weighted by molar-refractivity contribution is -0.166. The number of rotatable bonds is 4. The molecule has 1 aromatic carbocycles. The van der Waals surface area contributed by atoms with Crippen LogP contribution in [0, 0.1) is 5.41 Å². The number of benzene rings is 1. The highest BCUT2D eigenvalue weighted by Crippen LogP contribution is 2.50. The minimum atomic E-state index is -0.959. The van der Waals surface area contributed by atoms with Crippen LogP contribution in [0.5, 0.6) is 0 Å². The SMILES string of the molecule is CCOC1CC(N)(C(=O)Nc2ccc(Cl)c(Cl)c2)C1(C)C. The van der Waals surface area contributed by atoms with Crippen molar-refractivity contribution in [3.63, 3.8) is 0 Å². The number of hydrogen-bond donors (Lipinski definition) is 2. The number of ether oxygens (including phenoxy) is 1. The van der Waals surface area contributed by atoms with Crippen LogP contribution in [0.25, 0.3) is 0 Å². The van der Waals surface area contributed by atoms with Gasteiger partial charge in [-0.2, -0.15) is 0 Å². The summed E-state index contributed by atoms with van der Waals surface area (Å²) in [6.07, 6.45) is 0.494. The summed E-state index contributed by atoms with van der Waals surface area (Å²) in [5, 5.41) is 3.64. The van der Waals surface area contributed by atoms with Crippen LogP contribution in [0.4, 0.5) is 5.69 Å². The number of nitrogens with two attached hydrogens (primary N) is 1. The maximum atomic E-state index is 12.5. The molecule has 21 heavy (non-hydrogen) atoms. The highest BCUT2D eigenvalue weighted by atomic mass is 35.5. The van der Waals surface area contributed by atoms with Gasteiger partial charge in [0, 0.05) is 24.1 Å². The van der Waals surface area contributed by atoms with Crippen molar-refractivity contribution < 1.29 is 9.53 Å². The molecule has 1 aliphatic carbocycles. The number of halogens is 2. The van der Waals surface area contributed by atoms with E-state index in [0.29, 0.717) is 28.8 Å². The second-order valence-corrected chi connectivity index (χ2v) is 6.74. The Bertz CT molecular complexity index is 563. The molecule has 2 unspecified atom stereocenters. The van der Waals surface area contributed by atoms with Crippen molar-refractivity contribution in [3.05, 3.63) is 28.2 Å². The Hall–Kier alpha value is -0.810. The molecule has 1 aliphatic rings.